The summed E-state index contributed by atoms with van der Waals surface area (Å²) in [7, 11) is 1.94. The summed E-state index contributed by atoms with van der Waals surface area (Å²) < 4.78 is 1.87. The van der Waals surface area contributed by atoms with Crippen LogP contribution in [0.4, 0.5) is 22.2 Å². The molecule has 4 aromatic rings. The second-order valence-corrected chi connectivity index (χ2v) is 15.7. The standard InChI is InChI=1S/C33H42ClN7OS/c1-31(2,3)19-40-16-14-33(15-17-40)20-41(28-25(42)13-12-21(34)27(28)33)23-11-9-8-10-22(23)35-30-37-36-29(43-30)24-18-26(32(4,5)6)38-39(24)7/h8-13,18,42H,14-17,19-20H2,1-7H3,(H,35,37). The van der Waals surface area contributed by atoms with Crippen molar-refractivity contribution in [3.63, 3.8) is 0 Å². The van der Waals surface area contributed by atoms with Gasteiger partial charge in [-0.1, -0.05) is 76.6 Å². The fourth-order valence-electron chi connectivity index (χ4n) is 6.56. The van der Waals surface area contributed by atoms with Crippen molar-refractivity contribution in [1.29, 1.82) is 0 Å². The number of anilines is 4. The van der Waals surface area contributed by atoms with Gasteiger partial charge in [0.1, 0.15) is 5.75 Å². The van der Waals surface area contributed by atoms with Crippen molar-refractivity contribution in [2.24, 2.45) is 12.5 Å². The van der Waals surface area contributed by atoms with Gasteiger partial charge in [-0.2, -0.15) is 5.10 Å². The Balaban J connectivity index is 1.31. The molecular weight excluding hydrogens is 578 g/mol. The number of para-hydroxylation sites is 2. The van der Waals surface area contributed by atoms with Gasteiger partial charge in [-0.3, -0.25) is 4.68 Å². The molecule has 0 atom stereocenters. The van der Waals surface area contributed by atoms with Crippen LogP contribution < -0.4 is 10.2 Å². The number of phenolic OH excluding ortho intramolecular Hbond substituents is 1. The number of aromatic nitrogens is 4. The number of aryl methyl sites for hydroxylation is 1. The van der Waals surface area contributed by atoms with E-state index < -0.39 is 0 Å². The first-order valence-corrected chi connectivity index (χ1v) is 16.2. The molecule has 8 nitrogen and oxygen atoms in total. The summed E-state index contributed by atoms with van der Waals surface area (Å²) in [5.74, 6) is 0.257. The number of benzene rings is 2. The average Bonchev–Trinajstić information content (AvgIpc) is 3.64. The van der Waals surface area contributed by atoms with Gasteiger partial charge >= 0.3 is 0 Å². The number of nitrogens with one attached hydrogen (secondary N) is 1. The van der Waals surface area contributed by atoms with E-state index in [1.165, 1.54) is 11.3 Å². The van der Waals surface area contributed by atoms with Crippen molar-refractivity contribution in [1.82, 2.24) is 24.9 Å². The van der Waals surface area contributed by atoms with E-state index in [0.717, 1.165) is 83.1 Å². The Hall–Kier alpha value is -3.14. The SMILES string of the molecule is Cn1nc(C(C)(C)C)cc1-c1nnc(Nc2ccccc2N2CC3(CCN(CC(C)(C)C)CC3)c3c(Cl)ccc(O)c32)s1. The van der Waals surface area contributed by atoms with Crippen LogP contribution >= 0.6 is 22.9 Å². The molecule has 0 radical (unpaired) electrons. The zero-order chi connectivity index (χ0) is 30.7. The molecule has 0 bridgehead atoms. The first kappa shape index (κ1) is 29.9. The molecule has 0 unspecified atom stereocenters. The van der Waals surface area contributed by atoms with E-state index in [1.54, 1.807) is 6.07 Å². The molecule has 228 valence electrons. The topological polar surface area (TPSA) is 82.3 Å². The maximum absolute atomic E-state index is 11.2. The average molecular weight is 620 g/mol. The van der Waals surface area contributed by atoms with Crippen molar-refractivity contribution < 1.29 is 5.11 Å². The monoisotopic (exact) mass is 619 g/mol. The van der Waals surface area contributed by atoms with E-state index in [1.807, 2.05) is 29.9 Å². The van der Waals surface area contributed by atoms with Crippen LogP contribution in [-0.2, 0) is 17.9 Å². The number of fused-ring (bicyclic) bond motifs is 2. The molecule has 2 N–H and O–H groups in total. The van der Waals surface area contributed by atoms with Gasteiger partial charge in [0.15, 0.2) is 5.01 Å². The normalized spacial score (nSPS) is 17.1. The Bertz CT molecular complexity index is 1640. The van der Waals surface area contributed by atoms with Crippen molar-refractivity contribution in [3.8, 4) is 16.5 Å². The van der Waals surface area contributed by atoms with Crippen LogP contribution in [0.5, 0.6) is 5.75 Å². The summed E-state index contributed by atoms with van der Waals surface area (Å²) in [6.45, 7) is 17.2. The molecule has 1 spiro atoms. The summed E-state index contributed by atoms with van der Waals surface area (Å²) in [5.41, 5.74) is 5.79. The van der Waals surface area contributed by atoms with E-state index in [4.69, 9.17) is 16.7 Å². The van der Waals surface area contributed by atoms with Gasteiger partial charge in [0.2, 0.25) is 5.13 Å². The molecule has 0 aliphatic carbocycles. The zero-order valence-electron chi connectivity index (χ0n) is 26.2. The lowest BCUT2D eigenvalue weighted by Crippen LogP contribution is -2.46. The van der Waals surface area contributed by atoms with Gasteiger partial charge in [0.25, 0.3) is 0 Å². The van der Waals surface area contributed by atoms with Crippen molar-refractivity contribution in [2.45, 2.75) is 65.2 Å². The minimum absolute atomic E-state index is 0.0538. The Morgan fingerprint density at radius 1 is 1.02 bits per heavy atom. The number of phenols is 1. The lowest BCUT2D eigenvalue weighted by molar-refractivity contribution is 0.125. The van der Waals surface area contributed by atoms with Crippen molar-refractivity contribution in [3.05, 3.63) is 58.7 Å². The molecule has 43 heavy (non-hydrogen) atoms. The second-order valence-electron chi connectivity index (χ2n) is 14.3. The van der Waals surface area contributed by atoms with E-state index in [-0.39, 0.29) is 22.0 Å². The molecule has 2 aliphatic heterocycles. The molecule has 0 amide bonds. The van der Waals surface area contributed by atoms with Gasteiger partial charge in [-0.05, 0) is 61.7 Å². The highest BCUT2D eigenvalue weighted by atomic mass is 35.5. The molecule has 0 saturated carbocycles. The predicted octanol–water partition coefficient (Wildman–Crippen LogP) is 7.87. The largest absolute Gasteiger partial charge is 0.506 e. The van der Waals surface area contributed by atoms with Crippen molar-refractivity contribution >= 4 is 45.1 Å². The predicted molar refractivity (Wildman–Crippen MR) is 177 cm³/mol. The number of halogens is 1. The van der Waals surface area contributed by atoms with Gasteiger partial charge in [0, 0.05) is 41.6 Å². The van der Waals surface area contributed by atoms with Crippen LogP contribution in [0.15, 0.2) is 42.5 Å². The molecule has 1 fully saturated rings. The first-order valence-electron chi connectivity index (χ1n) is 15.0. The fraction of sp³-hybridized carbons (Fsp3) is 0.485. The number of piperidine rings is 1. The molecule has 10 heteroatoms. The summed E-state index contributed by atoms with van der Waals surface area (Å²) in [6, 6.07) is 13.9. The number of rotatable bonds is 5. The highest BCUT2D eigenvalue weighted by molar-refractivity contribution is 7.18. The fourth-order valence-corrected chi connectivity index (χ4v) is 7.71. The quantitative estimate of drug-likeness (QED) is 0.235. The van der Waals surface area contributed by atoms with E-state index in [0.29, 0.717) is 5.13 Å². The van der Waals surface area contributed by atoms with Crippen LogP contribution in [0.2, 0.25) is 5.02 Å². The molecular formula is C33H42ClN7OS. The Kier molecular flexibility index (Phi) is 7.50. The number of hydrogen-bond donors (Lipinski definition) is 2. The van der Waals surface area contributed by atoms with Crippen molar-refractivity contribution in [2.75, 3.05) is 36.4 Å². The lowest BCUT2D eigenvalue weighted by atomic mass is 9.74. The Labute approximate surface area is 263 Å². The summed E-state index contributed by atoms with van der Waals surface area (Å²) in [6.07, 6.45) is 1.98. The minimum atomic E-state index is -0.132. The molecule has 6 rings (SSSR count). The van der Waals surface area contributed by atoms with Crippen LogP contribution in [0.1, 0.15) is 65.6 Å². The van der Waals surface area contributed by atoms with Crippen LogP contribution in [0, 0.1) is 5.41 Å². The number of nitrogens with zero attached hydrogens (tertiary/aromatic N) is 6. The number of likely N-dealkylation sites (tertiary alicyclic amines) is 1. The Morgan fingerprint density at radius 3 is 2.42 bits per heavy atom. The number of hydrogen-bond acceptors (Lipinski definition) is 8. The molecule has 2 aromatic heterocycles. The van der Waals surface area contributed by atoms with Crippen LogP contribution in [0.3, 0.4) is 0 Å². The van der Waals surface area contributed by atoms with E-state index in [2.05, 4.69) is 85.1 Å². The summed E-state index contributed by atoms with van der Waals surface area (Å²) >= 11 is 8.44. The summed E-state index contributed by atoms with van der Waals surface area (Å²) in [4.78, 5) is 4.82. The third-order valence-electron chi connectivity index (χ3n) is 8.61. The molecule has 1 saturated heterocycles. The van der Waals surface area contributed by atoms with Gasteiger partial charge in [-0.25, -0.2) is 0 Å². The highest BCUT2D eigenvalue weighted by Gasteiger charge is 2.48. The molecule has 2 aromatic carbocycles. The third kappa shape index (κ3) is 5.75. The van der Waals surface area contributed by atoms with E-state index in [9.17, 15) is 5.11 Å². The van der Waals surface area contributed by atoms with Crippen LogP contribution in [0.25, 0.3) is 10.7 Å². The second kappa shape index (κ2) is 10.8. The van der Waals surface area contributed by atoms with Gasteiger partial charge in [0.05, 0.1) is 28.5 Å². The molecule has 2 aliphatic rings. The van der Waals surface area contributed by atoms with Crippen LogP contribution in [-0.4, -0.2) is 56.2 Å². The van der Waals surface area contributed by atoms with Gasteiger partial charge in [-0.15, -0.1) is 10.2 Å². The summed E-state index contributed by atoms with van der Waals surface area (Å²) in [5, 5.41) is 30.7. The number of aromatic hydroxyl groups is 1. The zero-order valence-corrected chi connectivity index (χ0v) is 27.8. The minimum Gasteiger partial charge on any atom is -0.506 e. The Morgan fingerprint density at radius 2 is 1.74 bits per heavy atom. The van der Waals surface area contributed by atoms with E-state index >= 15 is 0 Å². The third-order valence-corrected chi connectivity index (χ3v) is 9.78. The maximum Gasteiger partial charge on any atom is 0.210 e. The van der Waals surface area contributed by atoms with Gasteiger partial charge < -0.3 is 20.2 Å². The smallest absolute Gasteiger partial charge is 0.210 e. The highest BCUT2D eigenvalue weighted by Crippen LogP contribution is 2.56. The lowest BCUT2D eigenvalue weighted by Gasteiger charge is -2.42. The molecule has 4 heterocycles. The first-order chi connectivity index (χ1) is 20.2. The maximum atomic E-state index is 11.2.